The maximum absolute atomic E-state index is 12.5. The predicted molar refractivity (Wildman–Crippen MR) is 73.4 cm³/mol. The average Bonchev–Trinajstić information content (AvgIpc) is 2.78. The van der Waals surface area contributed by atoms with E-state index in [9.17, 15) is 26.4 Å². The van der Waals surface area contributed by atoms with E-state index in [0.717, 1.165) is 29.3 Å². The Bertz CT molecular complexity index is 841. The van der Waals surface area contributed by atoms with E-state index < -0.39 is 27.7 Å². The summed E-state index contributed by atoms with van der Waals surface area (Å²) in [5, 5.41) is 3.85. The van der Waals surface area contributed by atoms with Crippen molar-refractivity contribution in [2.45, 2.75) is 13.1 Å². The highest BCUT2D eigenvalue weighted by molar-refractivity contribution is 7.89. The molecule has 0 saturated carbocycles. The lowest BCUT2D eigenvalue weighted by Crippen LogP contribution is -2.29. The minimum absolute atomic E-state index is 0.0304. The molecule has 0 fully saturated rings. The summed E-state index contributed by atoms with van der Waals surface area (Å²) in [5.74, 6) is -0.822. The molecule has 0 aromatic carbocycles. The summed E-state index contributed by atoms with van der Waals surface area (Å²) < 4.78 is 62.5. The van der Waals surface area contributed by atoms with Gasteiger partial charge in [0.2, 0.25) is 10.0 Å². The zero-order valence-corrected chi connectivity index (χ0v) is 12.7. The normalized spacial score (nSPS) is 12.2. The number of pyridine rings is 1. The largest absolute Gasteiger partial charge is 0.417 e. The molecule has 2 rings (SSSR count). The smallest absolute Gasteiger partial charge is 0.268 e. The fourth-order valence-electron chi connectivity index (χ4n) is 1.77. The summed E-state index contributed by atoms with van der Waals surface area (Å²) in [6.07, 6.45) is -1.94. The van der Waals surface area contributed by atoms with E-state index in [1.807, 2.05) is 0 Å². The number of carbonyl (C=O) groups is 1. The maximum Gasteiger partial charge on any atom is 0.417 e. The van der Waals surface area contributed by atoms with E-state index in [0.29, 0.717) is 6.20 Å². The van der Waals surface area contributed by atoms with E-state index in [-0.39, 0.29) is 17.1 Å². The number of halogens is 3. The lowest BCUT2D eigenvalue weighted by Gasteiger charge is -2.08. The van der Waals surface area contributed by atoms with Crippen LogP contribution in [0.15, 0.2) is 24.5 Å². The Kier molecular flexibility index (Phi) is 4.16. The second-order valence-electron chi connectivity index (χ2n) is 4.66. The van der Waals surface area contributed by atoms with Gasteiger partial charge in [-0.2, -0.15) is 18.3 Å². The van der Waals surface area contributed by atoms with Crippen LogP contribution in [-0.4, -0.2) is 35.3 Å². The van der Waals surface area contributed by atoms with Crippen molar-refractivity contribution in [2.24, 2.45) is 0 Å². The summed E-state index contributed by atoms with van der Waals surface area (Å²) in [4.78, 5) is 15.5. The van der Waals surface area contributed by atoms with Crippen molar-refractivity contribution in [2.75, 3.05) is 6.26 Å². The highest BCUT2D eigenvalue weighted by atomic mass is 32.2. The standard InChI is InChI=1S/C12H11F3N4O3S/c1-7-9(11(20)18-23(2,21)22)6-17-19(7)10-4-3-8(5-16-10)12(13,14)15/h3-6H,1-2H3,(H,18,20). The topological polar surface area (TPSA) is 94.0 Å². The van der Waals surface area contributed by atoms with Crippen LogP contribution in [-0.2, 0) is 16.2 Å². The van der Waals surface area contributed by atoms with Gasteiger partial charge in [-0.1, -0.05) is 0 Å². The Balaban J connectivity index is 2.34. The first kappa shape index (κ1) is 16.9. The molecule has 0 bridgehead atoms. The average molecular weight is 348 g/mol. The van der Waals surface area contributed by atoms with Gasteiger partial charge in [0.1, 0.15) is 0 Å². The predicted octanol–water partition coefficient (Wildman–Crippen LogP) is 1.28. The fraction of sp³-hybridized carbons (Fsp3) is 0.250. The lowest BCUT2D eigenvalue weighted by molar-refractivity contribution is -0.137. The minimum atomic E-state index is -4.51. The van der Waals surface area contributed by atoms with E-state index in [1.165, 1.54) is 6.92 Å². The van der Waals surface area contributed by atoms with Crippen molar-refractivity contribution in [1.82, 2.24) is 19.5 Å². The SMILES string of the molecule is Cc1c(C(=O)NS(C)(=O)=O)cnn1-c1ccc(C(F)(F)F)cn1. The van der Waals surface area contributed by atoms with Crippen LogP contribution in [0.5, 0.6) is 0 Å². The quantitative estimate of drug-likeness (QED) is 0.902. The molecule has 23 heavy (non-hydrogen) atoms. The zero-order valence-electron chi connectivity index (χ0n) is 11.9. The van der Waals surface area contributed by atoms with Crippen LogP contribution in [0, 0.1) is 6.92 Å². The molecule has 0 unspecified atom stereocenters. The number of alkyl halides is 3. The van der Waals surface area contributed by atoms with Gasteiger partial charge in [0, 0.05) is 6.20 Å². The van der Waals surface area contributed by atoms with Gasteiger partial charge in [-0.25, -0.2) is 22.8 Å². The molecule has 2 heterocycles. The number of nitrogens with one attached hydrogen (secondary N) is 1. The summed E-state index contributed by atoms with van der Waals surface area (Å²) in [6, 6.07) is 1.93. The third kappa shape index (κ3) is 3.86. The molecule has 0 aliphatic rings. The van der Waals surface area contributed by atoms with E-state index in [1.54, 1.807) is 4.72 Å². The van der Waals surface area contributed by atoms with Gasteiger partial charge in [-0.05, 0) is 19.1 Å². The van der Waals surface area contributed by atoms with Crippen LogP contribution in [0.25, 0.3) is 5.82 Å². The fourth-order valence-corrected chi connectivity index (χ4v) is 2.21. The van der Waals surface area contributed by atoms with Crippen LogP contribution in [0.2, 0.25) is 0 Å². The molecule has 0 aliphatic carbocycles. The molecule has 124 valence electrons. The van der Waals surface area contributed by atoms with Gasteiger partial charge in [0.15, 0.2) is 5.82 Å². The first-order chi connectivity index (χ1) is 10.5. The minimum Gasteiger partial charge on any atom is -0.268 e. The molecular formula is C12H11F3N4O3S. The zero-order chi connectivity index (χ0) is 17.4. The monoisotopic (exact) mass is 348 g/mol. The first-order valence-electron chi connectivity index (χ1n) is 6.09. The third-order valence-electron chi connectivity index (χ3n) is 2.82. The van der Waals surface area contributed by atoms with Crippen LogP contribution in [0.1, 0.15) is 21.6 Å². The maximum atomic E-state index is 12.5. The second-order valence-corrected chi connectivity index (χ2v) is 6.41. The third-order valence-corrected chi connectivity index (χ3v) is 3.38. The van der Waals surface area contributed by atoms with Gasteiger partial charge < -0.3 is 0 Å². The molecule has 0 saturated heterocycles. The summed E-state index contributed by atoms with van der Waals surface area (Å²) in [6.45, 7) is 1.46. The summed E-state index contributed by atoms with van der Waals surface area (Å²) in [7, 11) is -3.74. The van der Waals surface area contributed by atoms with Gasteiger partial charge in [0.05, 0.1) is 29.3 Å². The molecule has 1 N–H and O–H groups in total. The van der Waals surface area contributed by atoms with Crippen LogP contribution in [0.4, 0.5) is 13.2 Å². The van der Waals surface area contributed by atoms with Gasteiger partial charge in [0.25, 0.3) is 5.91 Å². The summed E-state index contributed by atoms with van der Waals surface area (Å²) in [5.41, 5.74) is -0.711. The van der Waals surface area contributed by atoms with E-state index in [4.69, 9.17) is 0 Å². The molecular weight excluding hydrogens is 337 g/mol. The van der Waals surface area contributed by atoms with Crippen molar-refractivity contribution < 1.29 is 26.4 Å². The Hall–Kier alpha value is -2.43. The summed E-state index contributed by atoms with van der Waals surface area (Å²) >= 11 is 0. The lowest BCUT2D eigenvalue weighted by atomic mass is 10.2. The molecule has 7 nitrogen and oxygen atoms in total. The molecule has 1 amide bonds. The molecule has 0 radical (unpaired) electrons. The van der Waals surface area contributed by atoms with E-state index in [2.05, 4.69) is 10.1 Å². The Morgan fingerprint density at radius 2 is 1.91 bits per heavy atom. The highest BCUT2D eigenvalue weighted by Gasteiger charge is 2.30. The second kappa shape index (κ2) is 5.65. The van der Waals surface area contributed by atoms with Gasteiger partial charge >= 0.3 is 6.18 Å². The van der Waals surface area contributed by atoms with Crippen molar-refractivity contribution >= 4 is 15.9 Å². The molecule has 2 aromatic rings. The number of amides is 1. The Morgan fingerprint density at radius 3 is 2.39 bits per heavy atom. The van der Waals surface area contributed by atoms with Crippen LogP contribution >= 0.6 is 0 Å². The molecule has 0 atom stereocenters. The van der Waals surface area contributed by atoms with Crippen LogP contribution in [0.3, 0.4) is 0 Å². The molecule has 2 aromatic heterocycles. The van der Waals surface area contributed by atoms with Crippen molar-refractivity contribution in [3.63, 3.8) is 0 Å². The Labute approximate surface area is 129 Å². The number of aromatic nitrogens is 3. The number of hydrogen-bond donors (Lipinski definition) is 1. The van der Waals surface area contributed by atoms with Crippen molar-refractivity contribution in [3.05, 3.63) is 41.3 Å². The molecule has 0 spiro atoms. The Morgan fingerprint density at radius 1 is 1.26 bits per heavy atom. The number of sulfonamides is 1. The highest BCUT2D eigenvalue weighted by Crippen LogP contribution is 2.28. The van der Waals surface area contributed by atoms with Crippen molar-refractivity contribution in [3.8, 4) is 5.82 Å². The van der Waals surface area contributed by atoms with Crippen LogP contribution < -0.4 is 4.72 Å². The first-order valence-corrected chi connectivity index (χ1v) is 7.98. The van der Waals surface area contributed by atoms with E-state index >= 15 is 0 Å². The molecule has 0 aliphatic heterocycles. The number of rotatable bonds is 3. The van der Waals surface area contributed by atoms with Gasteiger partial charge in [-0.15, -0.1) is 0 Å². The number of nitrogens with zero attached hydrogens (tertiary/aromatic N) is 3. The molecule has 11 heteroatoms. The van der Waals surface area contributed by atoms with Crippen molar-refractivity contribution in [1.29, 1.82) is 0 Å². The van der Waals surface area contributed by atoms with Gasteiger partial charge in [-0.3, -0.25) is 4.79 Å². The number of carbonyl (C=O) groups excluding carboxylic acids is 1. The number of hydrogen-bond acceptors (Lipinski definition) is 5.